The summed E-state index contributed by atoms with van der Waals surface area (Å²) in [5, 5.41) is 3.72. The molecule has 0 saturated heterocycles. The van der Waals surface area contributed by atoms with E-state index in [4.69, 9.17) is 4.74 Å². The molecule has 0 unspecified atom stereocenters. The maximum atomic E-state index is 12.4. The van der Waals surface area contributed by atoms with Gasteiger partial charge in [0.05, 0.1) is 23.8 Å². The van der Waals surface area contributed by atoms with E-state index in [1.165, 1.54) is 25.3 Å². The molecule has 2 aromatic carbocycles. The highest BCUT2D eigenvalue weighted by molar-refractivity contribution is 7.94. The van der Waals surface area contributed by atoms with Crippen LogP contribution in [0.2, 0.25) is 0 Å². The summed E-state index contributed by atoms with van der Waals surface area (Å²) < 4.78 is 55.0. The van der Waals surface area contributed by atoms with Gasteiger partial charge in [0.25, 0.3) is 5.91 Å². The molecule has 0 aromatic heterocycles. The minimum atomic E-state index is -3.69. The second-order valence-electron chi connectivity index (χ2n) is 6.44. The maximum absolute atomic E-state index is 12.4. The number of nitrogens with one attached hydrogen (secondary N) is 2. The predicted molar refractivity (Wildman–Crippen MR) is 108 cm³/mol. The van der Waals surface area contributed by atoms with E-state index in [0.717, 1.165) is 5.41 Å². The maximum Gasteiger partial charge on any atom is 0.251 e. The standard InChI is InChI=1S/C19H20N2O6S2/c1-27-17-6-8-18(9-7-17)29(25,26)20-12-14-2-4-15(5-3-14)19(22)21-16-10-11-28(23,24)13-16/h2-11,16,20H,12-13H2,1H3,(H,21,22)/t16-/m0/s1. The fraction of sp³-hybridized carbons (Fsp3) is 0.211. The lowest BCUT2D eigenvalue weighted by Crippen LogP contribution is -2.35. The Morgan fingerprint density at radius 2 is 1.76 bits per heavy atom. The number of methoxy groups -OCH3 is 1. The summed E-state index contributed by atoms with van der Waals surface area (Å²) >= 11 is 0. The van der Waals surface area contributed by atoms with Gasteiger partial charge in [-0.2, -0.15) is 0 Å². The largest absolute Gasteiger partial charge is 0.497 e. The summed E-state index contributed by atoms with van der Waals surface area (Å²) in [5.74, 6) is 0.00914. The van der Waals surface area contributed by atoms with Crippen LogP contribution >= 0.6 is 0 Å². The number of hydrogen-bond acceptors (Lipinski definition) is 6. The minimum Gasteiger partial charge on any atom is -0.497 e. The van der Waals surface area contributed by atoms with E-state index < -0.39 is 31.8 Å². The van der Waals surface area contributed by atoms with E-state index in [0.29, 0.717) is 16.9 Å². The first-order valence-electron chi connectivity index (χ1n) is 8.63. The lowest BCUT2D eigenvalue weighted by atomic mass is 10.1. The monoisotopic (exact) mass is 436 g/mol. The highest BCUT2D eigenvalue weighted by Gasteiger charge is 2.23. The van der Waals surface area contributed by atoms with Crippen molar-refractivity contribution in [2.24, 2.45) is 0 Å². The molecule has 1 atom stereocenters. The average Bonchev–Trinajstić information content (AvgIpc) is 3.05. The van der Waals surface area contributed by atoms with Gasteiger partial charge in [-0.25, -0.2) is 21.6 Å². The second kappa shape index (κ2) is 8.36. The number of carbonyl (C=O) groups excluding carboxylic acids is 1. The Kier molecular flexibility index (Phi) is 6.06. The normalized spacial score (nSPS) is 17.8. The van der Waals surface area contributed by atoms with Gasteiger partial charge in [0.1, 0.15) is 5.75 Å². The Morgan fingerprint density at radius 3 is 2.31 bits per heavy atom. The number of amides is 1. The van der Waals surface area contributed by atoms with E-state index in [1.807, 2.05) is 0 Å². The first-order valence-corrected chi connectivity index (χ1v) is 11.8. The van der Waals surface area contributed by atoms with Gasteiger partial charge < -0.3 is 10.1 Å². The third kappa shape index (κ3) is 5.43. The first-order chi connectivity index (χ1) is 13.7. The predicted octanol–water partition coefficient (Wildman–Crippen LogP) is 1.21. The Labute approximate surface area is 169 Å². The van der Waals surface area contributed by atoms with Crippen molar-refractivity contribution in [1.82, 2.24) is 10.0 Å². The van der Waals surface area contributed by atoms with E-state index in [-0.39, 0.29) is 17.2 Å². The summed E-state index contributed by atoms with van der Waals surface area (Å²) in [4.78, 5) is 12.3. The van der Waals surface area contributed by atoms with Crippen LogP contribution in [0.15, 0.2) is 64.9 Å². The van der Waals surface area contributed by atoms with Crippen molar-refractivity contribution in [2.45, 2.75) is 17.5 Å². The molecule has 0 bridgehead atoms. The van der Waals surface area contributed by atoms with Gasteiger partial charge in [-0.3, -0.25) is 4.79 Å². The van der Waals surface area contributed by atoms with Gasteiger partial charge in [0.15, 0.2) is 9.84 Å². The van der Waals surface area contributed by atoms with Crippen LogP contribution in [0, 0.1) is 0 Å². The number of sulfone groups is 1. The zero-order valence-electron chi connectivity index (χ0n) is 15.5. The molecule has 1 aliphatic heterocycles. The van der Waals surface area contributed by atoms with Crippen molar-refractivity contribution >= 4 is 25.8 Å². The van der Waals surface area contributed by atoms with E-state index in [2.05, 4.69) is 10.0 Å². The number of carbonyl (C=O) groups is 1. The highest BCUT2D eigenvalue weighted by atomic mass is 32.2. The smallest absolute Gasteiger partial charge is 0.251 e. The van der Waals surface area contributed by atoms with Crippen LogP contribution in [0.4, 0.5) is 0 Å². The van der Waals surface area contributed by atoms with Gasteiger partial charge in [-0.15, -0.1) is 0 Å². The van der Waals surface area contributed by atoms with Crippen molar-refractivity contribution < 1.29 is 26.4 Å². The lowest BCUT2D eigenvalue weighted by molar-refractivity contribution is 0.0947. The van der Waals surface area contributed by atoms with Crippen LogP contribution in [-0.4, -0.2) is 41.6 Å². The minimum absolute atomic E-state index is 0.0554. The van der Waals surface area contributed by atoms with E-state index in [9.17, 15) is 21.6 Å². The molecule has 2 N–H and O–H groups in total. The van der Waals surface area contributed by atoms with Crippen LogP contribution in [0.3, 0.4) is 0 Å². The molecule has 1 aliphatic rings. The molecule has 8 nitrogen and oxygen atoms in total. The molecule has 1 amide bonds. The molecule has 0 saturated carbocycles. The van der Waals surface area contributed by atoms with Crippen LogP contribution in [0.5, 0.6) is 5.75 Å². The van der Waals surface area contributed by atoms with E-state index in [1.54, 1.807) is 36.4 Å². The molecule has 0 spiro atoms. The summed E-state index contributed by atoms with van der Waals surface area (Å²) in [6.45, 7) is 0.0554. The first kappa shape index (κ1) is 21.0. The molecule has 10 heteroatoms. The van der Waals surface area contributed by atoms with Crippen LogP contribution < -0.4 is 14.8 Å². The number of rotatable bonds is 7. The molecular formula is C19H20N2O6S2. The Bertz CT molecular complexity index is 1120. The quantitative estimate of drug-likeness (QED) is 0.674. The molecule has 0 radical (unpaired) electrons. The third-order valence-corrected chi connectivity index (χ3v) is 7.11. The fourth-order valence-corrected chi connectivity index (χ4v) is 4.96. The van der Waals surface area contributed by atoms with Gasteiger partial charge in [-0.05, 0) is 48.0 Å². The van der Waals surface area contributed by atoms with Crippen LogP contribution in [0.1, 0.15) is 15.9 Å². The Morgan fingerprint density at radius 1 is 1.10 bits per heavy atom. The number of benzene rings is 2. The zero-order valence-corrected chi connectivity index (χ0v) is 17.2. The van der Waals surface area contributed by atoms with Gasteiger partial charge in [0, 0.05) is 17.5 Å². The highest BCUT2D eigenvalue weighted by Crippen LogP contribution is 2.16. The topological polar surface area (TPSA) is 119 Å². The summed E-state index contributed by atoms with van der Waals surface area (Å²) in [6, 6.07) is 11.8. The van der Waals surface area contributed by atoms with Crippen molar-refractivity contribution in [3.8, 4) is 5.75 Å². The van der Waals surface area contributed by atoms with Crippen molar-refractivity contribution in [1.29, 1.82) is 0 Å². The molecule has 2 aromatic rings. The molecule has 1 heterocycles. The van der Waals surface area contributed by atoms with Crippen LogP contribution in [-0.2, 0) is 26.4 Å². The second-order valence-corrected chi connectivity index (χ2v) is 10.1. The van der Waals surface area contributed by atoms with Gasteiger partial charge in [-0.1, -0.05) is 12.1 Å². The van der Waals surface area contributed by atoms with Crippen molar-refractivity contribution in [3.63, 3.8) is 0 Å². The SMILES string of the molecule is COc1ccc(S(=O)(=O)NCc2ccc(C(=O)N[C@H]3C=CS(=O)(=O)C3)cc2)cc1. The van der Waals surface area contributed by atoms with Gasteiger partial charge >= 0.3 is 0 Å². The molecule has 154 valence electrons. The molecule has 0 aliphatic carbocycles. The number of sulfonamides is 1. The number of ether oxygens (including phenoxy) is 1. The fourth-order valence-electron chi connectivity index (χ4n) is 2.71. The number of hydrogen-bond donors (Lipinski definition) is 2. The molecular weight excluding hydrogens is 416 g/mol. The Balaban J connectivity index is 1.58. The zero-order chi connectivity index (χ0) is 21.1. The van der Waals surface area contributed by atoms with Gasteiger partial charge in [0.2, 0.25) is 10.0 Å². The molecule has 29 heavy (non-hydrogen) atoms. The van der Waals surface area contributed by atoms with Crippen molar-refractivity contribution in [2.75, 3.05) is 12.9 Å². The van der Waals surface area contributed by atoms with Crippen molar-refractivity contribution in [3.05, 3.63) is 71.1 Å². The summed E-state index contributed by atoms with van der Waals surface area (Å²) in [6.07, 6.45) is 1.44. The lowest BCUT2D eigenvalue weighted by Gasteiger charge is -2.11. The molecule has 3 rings (SSSR count). The third-order valence-electron chi connectivity index (χ3n) is 4.30. The summed E-state index contributed by atoms with van der Waals surface area (Å²) in [7, 11) is -5.43. The van der Waals surface area contributed by atoms with E-state index >= 15 is 0 Å². The molecule has 0 fully saturated rings. The average molecular weight is 437 g/mol. The van der Waals surface area contributed by atoms with Crippen LogP contribution in [0.25, 0.3) is 0 Å². The Hall–Kier alpha value is -2.69. The summed E-state index contributed by atoms with van der Waals surface area (Å²) in [5.41, 5.74) is 1.02.